The summed E-state index contributed by atoms with van der Waals surface area (Å²) >= 11 is 0.949. The molecule has 3 rings (SSSR count). The van der Waals surface area contributed by atoms with Crippen LogP contribution in [0, 0.1) is 16.7 Å². The van der Waals surface area contributed by atoms with Crippen molar-refractivity contribution in [2.75, 3.05) is 18.1 Å². The van der Waals surface area contributed by atoms with E-state index < -0.39 is 24.1 Å². The van der Waals surface area contributed by atoms with Crippen LogP contribution in [0.5, 0.6) is 5.88 Å². The molecule has 13 heteroatoms. The summed E-state index contributed by atoms with van der Waals surface area (Å²) in [5.74, 6) is 0.828. The zero-order valence-corrected chi connectivity index (χ0v) is 23.1. The summed E-state index contributed by atoms with van der Waals surface area (Å²) in [7, 11) is 0. The van der Waals surface area contributed by atoms with Gasteiger partial charge >= 0.3 is 6.18 Å². The first-order chi connectivity index (χ1) is 17.6. The molecule has 0 aromatic carbocycles. The Hall–Kier alpha value is -3.22. The fourth-order valence-electron chi connectivity index (χ4n) is 4.15. The highest BCUT2D eigenvalue weighted by atomic mass is 32.2. The molecule has 0 spiro atoms. The number of ether oxygens (including phenoxy) is 1. The van der Waals surface area contributed by atoms with Crippen LogP contribution in [0.4, 0.5) is 19.0 Å². The number of alkyl halides is 3. The Morgan fingerprint density at radius 2 is 2.03 bits per heavy atom. The van der Waals surface area contributed by atoms with Crippen LogP contribution >= 0.6 is 11.9 Å². The van der Waals surface area contributed by atoms with Gasteiger partial charge in [0.2, 0.25) is 5.88 Å². The molecule has 2 aromatic rings. The predicted molar refractivity (Wildman–Crippen MR) is 143 cm³/mol. The number of nitrogens with two attached hydrogens (primary N) is 1. The molecule has 1 aliphatic rings. The Labute approximate surface area is 224 Å². The first-order valence-electron chi connectivity index (χ1n) is 12.0. The number of hydrogen-bond donors (Lipinski definition) is 3. The number of hydrogen-bond acceptors (Lipinski definition) is 8. The molecule has 0 radical (unpaired) electrons. The Kier molecular flexibility index (Phi) is 8.39. The van der Waals surface area contributed by atoms with Gasteiger partial charge in [-0.05, 0) is 71.0 Å². The van der Waals surface area contributed by atoms with Crippen molar-refractivity contribution in [1.82, 2.24) is 19.5 Å². The van der Waals surface area contributed by atoms with Crippen molar-refractivity contribution < 1.29 is 22.7 Å². The van der Waals surface area contributed by atoms with Crippen LogP contribution in [0.2, 0.25) is 0 Å². The molecule has 2 aromatic heterocycles. The van der Waals surface area contributed by atoms with Crippen LogP contribution in [-0.4, -0.2) is 51.3 Å². The molecule has 1 atom stereocenters. The largest absolute Gasteiger partial charge is 0.476 e. The minimum atomic E-state index is -4.42. The number of rotatable bonds is 9. The lowest BCUT2D eigenvalue weighted by atomic mass is 9.94. The van der Waals surface area contributed by atoms with Gasteiger partial charge in [-0.3, -0.25) is 9.52 Å². The van der Waals surface area contributed by atoms with Gasteiger partial charge in [-0.2, -0.15) is 13.2 Å². The number of carbonyl (C=O) groups is 1. The van der Waals surface area contributed by atoms with E-state index in [9.17, 15) is 18.0 Å². The summed E-state index contributed by atoms with van der Waals surface area (Å²) in [6, 6.07) is 4.70. The van der Waals surface area contributed by atoms with Crippen LogP contribution in [-0.2, 0) is 0 Å². The number of allylic oxidation sites excluding steroid dienone is 1. The van der Waals surface area contributed by atoms with Crippen LogP contribution in [0.3, 0.4) is 0 Å². The van der Waals surface area contributed by atoms with Gasteiger partial charge in [0.25, 0.3) is 5.91 Å². The zero-order valence-electron chi connectivity index (χ0n) is 22.3. The molecule has 3 heterocycles. The van der Waals surface area contributed by atoms with E-state index in [-0.39, 0.29) is 17.1 Å². The number of halogens is 3. The molecule has 1 amide bonds. The highest BCUT2D eigenvalue weighted by molar-refractivity contribution is 8.02. The summed E-state index contributed by atoms with van der Waals surface area (Å²) in [5, 5.41) is 12.0. The fraction of sp³-hybridized carbons (Fsp3) is 0.520. The second-order valence-electron chi connectivity index (χ2n) is 10.7. The third-order valence-electron chi connectivity index (χ3n) is 6.36. The maximum atomic E-state index is 13.2. The number of aromatic nitrogens is 3. The second kappa shape index (κ2) is 10.9. The molecule has 1 unspecified atom stereocenters. The number of nitrogens with one attached hydrogen (secondary N) is 2. The summed E-state index contributed by atoms with van der Waals surface area (Å²) < 4.78 is 49.0. The van der Waals surface area contributed by atoms with Gasteiger partial charge in [0.05, 0.1) is 15.9 Å². The quantitative estimate of drug-likeness (QED) is 0.292. The molecule has 1 fully saturated rings. The Balaban J connectivity index is 1.92. The molecular formula is C25H34F3N7O2S. The van der Waals surface area contributed by atoms with Crippen LogP contribution in [0.1, 0.15) is 58.3 Å². The predicted octanol–water partition coefficient (Wildman–Crippen LogP) is 5.08. The van der Waals surface area contributed by atoms with E-state index in [1.165, 1.54) is 16.9 Å². The van der Waals surface area contributed by atoms with E-state index in [1.54, 1.807) is 25.3 Å². The molecule has 1 aliphatic heterocycles. The standard InChI is InChI=1S/C25H34F3N7O2S/c1-15-11-24(5,6)34(13-15)21-17(22(36)33-38-18(12-29)16(2)30)7-8-19(31-21)35-10-9-20(32-35)37-14-23(3,4)25(26,27)28/h7-10,12,15,30H,11,13-14,29H2,1-6H3,(H,33,36)/b18-12+,30-16?. The van der Waals surface area contributed by atoms with E-state index in [2.05, 4.69) is 35.5 Å². The van der Waals surface area contributed by atoms with Gasteiger partial charge in [0, 0.05) is 36.3 Å². The number of amides is 1. The lowest BCUT2D eigenvalue weighted by Gasteiger charge is -2.34. The maximum absolute atomic E-state index is 13.2. The summed E-state index contributed by atoms with van der Waals surface area (Å²) in [5.41, 5.74) is 3.80. The van der Waals surface area contributed by atoms with Gasteiger partial charge in [-0.25, -0.2) is 9.67 Å². The molecule has 38 heavy (non-hydrogen) atoms. The Morgan fingerprint density at radius 3 is 2.58 bits per heavy atom. The van der Waals surface area contributed by atoms with Crippen molar-refractivity contribution in [3.8, 4) is 11.7 Å². The van der Waals surface area contributed by atoms with Crippen LogP contribution < -0.4 is 20.1 Å². The topological polar surface area (TPSA) is 122 Å². The normalized spacial score (nSPS) is 18.0. The highest BCUT2D eigenvalue weighted by Gasteiger charge is 2.48. The number of nitrogens with zero attached hydrogens (tertiary/aromatic N) is 4. The molecule has 0 saturated carbocycles. The lowest BCUT2D eigenvalue weighted by molar-refractivity contribution is -0.219. The van der Waals surface area contributed by atoms with E-state index >= 15 is 0 Å². The molecule has 0 bridgehead atoms. The first kappa shape index (κ1) is 29.3. The Bertz CT molecular complexity index is 1220. The minimum Gasteiger partial charge on any atom is -0.476 e. The van der Waals surface area contributed by atoms with E-state index in [0.29, 0.717) is 34.6 Å². The summed E-state index contributed by atoms with van der Waals surface area (Å²) in [6.07, 6.45) is -0.719. The minimum absolute atomic E-state index is 0.0298. The highest BCUT2D eigenvalue weighted by Crippen LogP contribution is 2.39. The van der Waals surface area contributed by atoms with E-state index in [1.807, 2.05) is 0 Å². The second-order valence-corrected chi connectivity index (χ2v) is 11.6. The fourth-order valence-corrected chi connectivity index (χ4v) is 4.68. The van der Waals surface area contributed by atoms with Gasteiger partial charge < -0.3 is 20.8 Å². The van der Waals surface area contributed by atoms with Gasteiger partial charge in [-0.15, -0.1) is 5.10 Å². The average Bonchev–Trinajstić information content (AvgIpc) is 3.39. The van der Waals surface area contributed by atoms with Crippen molar-refractivity contribution in [3.05, 3.63) is 41.1 Å². The smallest absolute Gasteiger partial charge is 0.397 e. The van der Waals surface area contributed by atoms with Crippen LogP contribution in [0.25, 0.3) is 5.82 Å². The number of pyridine rings is 1. The number of anilines is 1. The maximum Gasteiger partial charge on any atom is 0.397 e. The van der Waals surface area contributed by atoms with Crippen molar-refractivity contribution in [2.24, 2.45) is 17.1 Å². The van der Waals surface area contributed by atoms with Crippen molar-refractivity contribution in [3.63, 3.8) is 0 Å². The van der Waals surface area contributed by atoms with Gasteiger partial charge in [0.1, 0.15) is 12.4 Å². The van der Waals surface area contributed by atoms with Crippen LogP contribution in [0.15, 0.2) is 35.5 Å². The van der Waals surface area contributed by atoms with Crippen molar-refractivity contribution in [2.45, 2.75) is 59.7 Å². The zero-order chi connectivity index (χ0) is 28.5. The monoisotopic (exact) mass is 553 g/mol. The molecule has 0 aliphatic carbocycles. The average molecular weight is 554 g/mol. The van der Waals surface area contributed by atoms with Crippen molar-refractivity contribution >= 4 is 29.4 Å². The third kappa shape index (κ3) is 6.43. The molecule has 1 saturated heterocycles. The summed E-state index contributed by atoms with van der Waals surface area (Å²) in [6.45, 7) is 10.1. The third-order valence-corrected chi connectivity index (χ3v) is 7.31. The first-order valence-corrected chi connectivity index (χ1v) is 12.9. The van der Waals surface area contributed by atoms with Gasteiger partial charge in [0.15, 0.2) is 5.82 Å². The lowest BCUT2D eigenvalue weighted by Crippen LogP contribution is -2.40. The van der Waals surface area contributed by atoms with Crippen molar-refractivity contribution in [1.29, 1.82) is 5.41 Å². The summed E-state index contributed by atoms with van der Waals surface area (Å²) in [4.78, 5) is 20.5. The molecule has 9 nitrogen and oxygen atoms in total. The SMILES string of the molecule is CC(=N)/C(=C\N)SNC(=O)c1ccc(-n2ccc(OCC(C)(C)C(F)(F)F)n2)nc1N1CC(C)CC1(C)C. The number of carbonyl (C=O) groups excluding carboxylic acids is 1. The molecule has 4 N–H and O–H groups in total. The molecular weight excluding hydrogens is 519 g/mol. The molecule has 208 valence electrons. The Morgan fingerprint density at radius 1 is 1.34 bits per heavy atom. The van der Waals surface area contributed by atoms with Gasteiger partial charge in [-0.1, -0.05) is 6.92 Å². The van der Waals surface area contributed by atoms with E-state index in [0.717, 1.165) is 32.2 Å². The van der Waals surface area contributed by atoms with E-state index in [4.69, 9.17) is 20.9 Å².